The minimum Gasteiger partial charge on any atom is -0.342 e. The Balaban J connectivity index is 1.68. The van der Waals surface area contributed by atoms with Crippen molar-refractivity contribution in [2.45, 2.75) is 30.4 Å². The molecule has 1 aliphatic heterocycles. The minimum atomic E-state index is -3.72. The Morgan fingerprint density at radius 3 is 2.35 bits per heavy atom. The Bertz CT molecular complexity index is 911. The van der Waals surface area contributed by atoms with Crippen LogP contribution in [0.15, 0.2) is 40.6 Å². The Kier molecular flexibility index (Phi) is 5.43. The quantitative estimate of drug-likeness (QED) is 0.766. The summed E-state index contributed by atoms with van der Waals surface area (Å²) in [7, 11) is -3.72. The number of nitrogens with zero attached hydrogens (tertiary/aromatic N) is 1. The molecule has 0 spiro atoms. The molecule has 8 heteroatoms. The fourth-order valence-electron chi connectivity index (χ4n) is 2.80. The maximum atomic E-state index is 12.5. The summed E-state index contributed by atoms with van der Waals surface area (Å²) in [5.74, 6) is -0.0361. The summed E-state index contributed by atoms with van der Waals surface area (Å²) >= 11 is 1.10. The molecular formula is C18H20N2O4S2. The Morgan fingerprint density at radius 1 is 1.08 bits per heavy atom. The second-order valence-electron chi connectivity index (χ2n) is 6.22. The van der Waals surface area contributed by atoms with Crippen molar-refractivity contribution in [3.8, 4) is 0 Å². The number of ketones is 1. The van der Waals surface area contributed by atoms with Gasteiger partial charge in [-0.05, 0) is 56.2 Å². The monoisotopic (exact) mass is 392 g/mol. The first-order chi connectivity index (χ1) is 12.3. The topological polar surface area (TPSA) is 83.5 Å². The van der Waals surface area contributed by atoms with Gasteiger partial charge in [-0.3, -0.25) is 14.3 Å². The van der Waals surface area contributed by atoms with E-state index in [9.17, 15) is 18.0 Å². The van der Waals surface area contributed by atoms with Gasteiger partial charge in [-0.1, -0.05) is 0 Å². The maximum Gasteiger partial charge on any atom is 0.271 e. The van der Waals surface area contributed by atoms with E-state index in [1.807, 2.05) is 4.90 Å². The second-order valence-corrected chi connectivity index (χ2v) is 9.30. The Morgan fingerprint density at radius 2 is 1.73 bits per heavy atom. The third-order valence-corrected chi connectivity index (χ3v) is 7.19. The van der Waals surface area contributed by atoms with Crippen LogP contribution in [-0.2, 0) is 21.2 Å². The van der Waals surface area contributed by atoms with Gasteiger partial charge < -0.3 is 4.90 Å². The van der Waals surface area contributed by atoms with Crippen LogP contribution in [0.4, 0.5) is 5.69 Å². The van der Waals surface area contributed by atoms with Gasteiger partial charge in [0, 0.05) is 29.2 Å². The van der Waals surface area contributed by atoms with Gasteiger partial charge in [-0.15, -0.1) is 11.3 Å². The Labute approximate surface area is 156 Å². The van der Waals surface area contributed by atoms with Crippen LogP contribution in [0.2, 0.25) is 0 Å². The molecule has 138 valence electrons. The van der Waals surface area contributed by atoms with E-state index in [2.05, 4.69) is 4.72 Å². The van der Waals surface area contributed by atoms with Crippen molar-refractivity contribution in [3.63, 3.8) is 0 Å². The smallest absolute Gasteiger partial charge is 0.271 e. The number of likely N-dealkylation sites (tertiary alicyclic amines) is 1. The number of carbonyl (C=O) groups is 2. The van der Waals surface area contributed by atoms with E-state index in [4.69, 9.17) is 0 Å². The van der Waals surface area contributed by atoms with Crippen LogP contribution >= 0.6 is 11.3 Å². The molecular weight excluding hydrogens is 372 g/mol. The highest BCUT2D eigenvalue weighted by atomic mass is 32.2. The third-order valence-electron chi connectivity index (χ3n) is 4.23. The van der Waals surface area contributed by atoms with Gasteiger partial charge >= 0.3 is 0 Å². The lowest BCUT2D eigenvalue weighted by Gasteiger charge is -2.14. The molecule has 26 heavy (non-hydrogen) atoms. The average molecular weight is 393 g/mol. The molecule has 1 aliphatic rings. The van der Waals surface area contributed by atoms with Crippen molar-refractivity contribution in [1.29, 1.82) is 0 Å². The normalized spacial score (nSPS) is 14.4. The van der Waals surface area contributed by atoms with E-state index in [-0.39, 0.29) is 22.3 Å². The highest BCUT2D eigenvalue weighted by molar-refractivity contribution is 7.94. The Hall–Kier alpha value is -2.19. The van der Waals surface area contributed by atoms with E-state index in [1.165, 1.54) is 13.0 Å². The molecule has 0 unspecified atom stereocenters. The van der Waals surface area contributed by atoms with Gasteiger partial charge in [-0.25, -0.2) is 8.42 Å². The van der Waals surface area contributed by atoms with Gasteiger partial charge in [-0.2, -0.15) is 0 Å². The molecule has 6 nitrogen and oxygen atoms in total. The van der Waals surface area contributed by atoms with Crippen LogP contribution in [-0.4, -0.2) is 38.1 Å². The minimum absolute atomic E-state index is 0.0427. The molecule has 1 saturated heterocycles. The molecule has 2 heterocycles. The van der Waals surface area contributed by atoms with Gasteiger partial charge in [0.2, 0.25) is 5.91 Å². The summed E-state index contributed by atoms with van der Waals surface area (Å²) in [5.41, 5.74) is 0.907. The predicted octanol–water partition coefficient (Wildman–Crippen LogP) is 2.92. The largest absolute Gasteiger partial charge is 0.342 e. The molecule has 2 aromatic rings. The zero-order chi connectivity index (χ0) is 18.7. The number of Topliss-reactive ketones (excluding diaryl/α,β-unsaturated/α-hetero) is 1. The van der Waals surface area contributed by atoms with E-state index in [1.54, 1.807) is 30.3 Å². The molecule has 3 rings (SSSR count). The van der Waals surface area contributed by atoms with Crippen LogP contribution in [0.5, 0.6) is 0 Å². The van der Waals surface area contributed by atoms with E-state index in [0.717, 1.165) is 42.1 Å². The van der Waals surface area contributed by atoms with Gasteiger partial charge in [0.25, 0.3) is 10.0 Å². The summed E-state index contributed by atoms with van der Waals surface area (Å²) < 4.78 is 27.7. The van der Waals surface area contributed by atoms with Gasteiger partial charge in [0.15, 0.2) is 5.78 Å². The molecule has 0 atom stereocenters. The molecule has 1 aromatic carbocycles. The summed E-state index contributed by atoms with van der Waals surface area (Å²) in [6.07, 6.45) is 2.29. The number of carbonyl (C=O) groups excluding carboxylic acids is 2. The standard InChI is InChI=1S/C18H20N2O4S2/c1-13(21)14-4-6-15(7-5-14)19-26(23,24)18-9-8-16(25-18)12-17(22)20-10-2-3-11-20/h4-9,19H,2-3,10-12H2,1H3. The summed E-state index contributed by atoms with van der Waals surface area (Å²) in [5, 5.41) is 0. The first-order valence-corrected chi connectivity index (χ1v) is 10.7. The van der Waals surface area contributed by atoms with Gasteiger partial charge in [0.05, 0.1) is 6.42 Å². The van der Waals surface area contributed by atoms with Crippen LogP contribution < -0.4 is 4.72 Å². The van der Waals surface area contributed by atoms with E-state index >= 15 is 0 Å². The maximum absolute atomic E-state index is 12.5. The van der Waals surface area contributed by atoms with Gasteiger partial charge in [0.1, 0.15) is 4.21 Å². The highest BCUT2D eigenvalue weighted by Crippen LogP contribution is 2.25. The fraction of sp³-hybridized carbons (Fsp3) is 0.333. The lowest BCUT2D eigenvalue weighted by atomic mass is 10.1. The summed E-state index contributed by atoms with van der Waals surface area (Å²) in [6.45, 7) is 3.02. The number of benzene rings is 1. The first-order valence-electron chi connectivity index (χ1n) is 8.35. The van der Waals surface area contributed by atoms with E-state index < -0.39 is 10.0 Å². The number of rotatable bonds is 6. The highest BCUT2D eigenvalue weighted by Gasteiger charge is 2.21. The summed E-state index contributed by atoms with van der Waals surface area (Å²) in [6, 6.07) is 9.47. The molecule has 0 aliphatic carbocycles. The fourth-order valence-corrected chi connectivity index (χ4v) is 5.21. The van der Waals surface area contributed by atoms with Crippen molar-refractivity contribution in [2.75, 3.05) is 17.8 Å². The number of sulfonamides is 1. The van der Waals surface area contributed by atoms with Crippen molar-refractivity contribution in [3.05, 3.63) is 46.8 Å². The lowest BCUT2D eigenvalue weighted by molar-refractivity contribution is -0.129. The number of nitrogens with one attached hydrogen (secondary N) is 1. The number of amides is 1. The van der Waals surface area contributed by atoms with Crippen LogP contribution in [0.3, 0.4) is 0 Å². The zero-order valence-corrected chi connectivity index (χ0v) is 16.0. The number of anilines is 1. The van der Waals surface area contributed by atoms with Crippen LogP contribution in [0.25, 0.3) is 0 Å². The third kappa shape index (κ3) is 4.31. The molecule has 0 saturated carbocycles. The molecule has 1 amide bonds. The van der Waals surface area contributed by atoms with Crippen molar-refractivity contribution < 1.29 is 18.0 Å². The number of thiophene rings is 1. The average Bonchev–Trinajstić information content (AvgIpc) is 3.27. The zero-order valence-electron chi connectivity index (χ0n) is 14.4. The second kappa shape index (κ2) is 7.59. The van der Waals surface area contributed by atoms with Crippen LogP contribution in [0, 0.1) is 0 Å². The molecule has 1 N–H and O–H groups in total. The summed E-state index contributed by atoms with van der Waals surface area (Å²) in [4.78, 5) is 26.0. The molecule has 1 fully saturated rings. The predicted molar refractivity (Wildman–Crippen MR) is 101 cm³/mol. The van der Waals surface area contributed by atoms with E-state index in [0.29, 0.717) is 11.3 Å². The first kappa shape index (κ1) is 18.6. The van der Waals surface area contributed by atoms with Crippen LogP contribution in [0.1, 0.15) is 35.0 Å². The lowest BCUT2D eigenvalue weighted by Crippen LogP contribution is -2.28. The molecule has 0 bridgehead atoms. The van der Waals surface area contributed by atoms with Crippen molar-refractivity contribution >= 4 is 38.7 Å². The number of hydrogen-bond acceptors (Lipinski definition) is 5. The SMILES string of the molecule is CC(=O)c1ccc(NS(=O)(=O)c2ccc(CC(=O)N3CCCC3)s2)cc1. The molecule has 0 radical (unpaired) electrons. The van der Waals surface area contributed by atoms with Crippen molar-refractivity contribution in [2.24, 2.45) is 0 Å². The van der Waals surface area contributed by atoms with Crippen molar-refractivity contribution in [1.82, 2.24) is 4.90 Å². The molecule has 1 aromatic heterocycles. The number of hydrogen-bond donors (Lipinski definition) is 1.